The third-order valence-corrected chi connectivity index (χ3v) is 7.35. The predicted molar refractivity (Wildman–Crippen MR) is 162 cm³/mol. The highest BCUT2D eigenvalue weighted by atomic mass is 79.9. The van der Waals surface area contributed by atoms with Gasteiger partial charge in [0.25, 0.3) is 5.91 Å². The van der Waals surface area contributed by atoms with Crippen LogP contribution in [0.1, 0.15) is 57.2 Å². The van der Waals surface area contributed by atoms with Crippen LogP contribution in [-0.4, -0.2) is 35.9 Å². The Kier molecular flexibility index (Phi) is 11.4. The molecule has 3 rings (SSSR count). The van der Waals surface area contributed by atoms with E-state index >= 15 is 0 Å². The summed E-state index contributed by atoms with van der Waals surface area (Å²) in [5.74, 6) is 0.109. The van der Waals surface area contributed by atoms with Gasteiger partial charge in [-0.3, -0.25) is 9.59 Å². The number of nitrogens with zero attached hydrogens (tertiary/aromatic N) is 1. The Balaban J connectivity index is 1.89. The van der Waals surface area contributed by atoms with Gasteiger partial charge in [-0.25, -0.2) is 0 Å². The number of halogens is 2. The molecule has 7 heteroatoms. The zero-order valence-corrected chi connectivity index (χ0v) is 25.5. The Bertz CT molecular complexity index is 1240. The van der Waals surface area contributed by atoms with Gasteiger partial charge in [0.1, 0.15) is 11.8 Å². The summed E-state index contributed by atoms with van der Waals surface area (Å²) in [6.45, 7) is 9.09. The lowest BCUT2D eigenvalue weighted by atomic mass is 9.87. The zero-order chi connectivity index (χ0) is 28.4. The lowest BCUT2D eigenvalue weighted by Crippen LogP contribution is -2.51. The van der Waals surface area contributed by atoms with Gasteiger partial charge in [0.05, 0.1) is 4.47 Å². The van der Waals surface area contributed by atoms with Gasteiger partial charge in [0, 0.05) is 24.5 Å². The Labute approximate surface area is 246 Å². The molecule has 0 saturated carbocycles. The molecule has 0 aliphatic heterocycles. The van der Waals surface area contributed by atoms with Crippen LogP contribution in [0.15, 0.2) is 77.3 Å². The van der Waals surface area contributed by atoms with E-state index in [1.807, 2.05) is 66.7 Å². The minimum Gasteiger partial charge on any atom is -0.483 e. The molecule has 0 fully saturated rings. The van der Waals surface area contributed by atoms with Gasteiger partial charge in [-0.15, -0.1) is 0 Å². The first-order chi connectivity index (χ1) is 18.6. The number of ether oxygens (including phenoxy) is 1. The van der Waals surface area contributed by atoms with Crippen LogP contribution in [0.25, 0.3) is 0 Å². The molecule has 0 aliphatic carbocycles. The molecule has 208 valence electrons. The number of benzene rings is 3. The highest BCUT2D eigenvalue weighted by Crippen LogP contribution is 2.31. The Morgan fingerprint density at radius 3 is 2.36 bits per heavy atom. The number of unbranched alkanes of at least 4 members (excludes halogenated alkanes) is 1. The molecule has 0 bridgehead atoms. The van der Waals surface area contributed by atoms with Crippen molar-refractivity contribution in [2.24, 2.45) is 0 Å². The van der Waals surface area contributed by atoms with Crippen molar-refractivity contribution in [1.29, 1.82) is 0 Å². The van der Waals surface area contributed by atoms with Crippen molar-refractivity contribution in [3.63, 3.8) is 0 Å². The van der Waals surface area contributed by atoms with E-state index in [4.69, 9.17) is 16.3 Å². The fourth-order valence-corrected chi connectivity index (χ4v) is 4.91. The van der Waals surface area contributed by atoms with Gasteiger partial charge in [-0.2, -0.15) is 0 Å². The monoisotopic (exact) mass is 612 g/mol. The second kappa shape index (κ2) is 14.5. The molecule has 0 saturated heterocycles. The summed E-state index contributed by atoms with van der Waals surface area (Å²) in [5, 5.41) is 3.61. The lowest BCUT2D eigenvalue weighted by Gasteiger charge is -2.31. The molecule has 5 nitrogen and oxygen atoms in total. The summed E-state index contributed by atoms with van der Waals surface area (Å²) in [6.07, 6.45) is 2.22. The largest absolute Gasteiger partial charge is 0.483 e. The first kappa shape index (κ1) is 30.7. The Morgan fingerprint density at radius 1 is 1.00 bits per heavy atom. The summed E-state index contributed by atoms with van der Waals surface area (Å²) in [7, 11) is 0. The number of amides is 2. The number of carbonyl (C=O) groups is 2. The summed E-state index contributed by atoms with van der Waals surface area (Å²) in [6, 6.07) is 22.3. The van der Waals surface area contributed by atoms with Crippen LogP contribution in [0.3, 0.4) is 0 Å². The van der Waals surface area contributed by atoms with Crippen LogP contribution < -0.4 is 10.1 Å². The summed E-state index contributed by atoms with van der Waals surface area (Å²) < 4.78 is 6.77. The van der Waals surface area contributed by atoms with E-state index in [1.165, 1.54) is 0 Å². The predicted octanol–water partition coefficient (Wildman–Crippen LogP) is 7.34. The third kappa shape index (κ3) is 9.40. The fourth-order valence-electron chi connectivity index (χ4n) is 4.20. The van der Waals surface area contributed by atoms with E-state index in [9.17, 15) is 9.59 Å². The maximum Gasteiger partial charge on any atom is 0.261 e. The van der Waals surface area contributed by atoms with Gasteiger partial charge >= 0.3 is 0 Å². The summed E-state index contributed by atoms with van der Waals surface area (Å²) >= 11 is 9.85. The average molecular weight is 614 g/mol. The van der Waals surface area contributed by atoms with Crippen molar-refractivity contribution < 1.29 is 14.3 Å². The fraction of sp³-hybridized carbons (Fsp3) is 0.375. The molecule has 3 aromatic carbocycles. The smallest absolute Gasteiger partial charge is 0.261 e. The SMILES string of the molecule is CCCCNC(=O)[C@H](Cc1ccccc1)N(Cc1cccc(Cl)c1)C(=O)COc1ccc(C(C)(C)C)cc1Br. The van der Waals surface area contributed by atoms with Crippen LogP contribution >= 0.6 is 27.5 Å². The van der Waals surface area contributed by atoms with Gasteiger partial charge in [0.2, 0.25) is 5.91 Å². The molecular formula is C32H38BrClN2O3. The third-order valence-electron chi connectivity index (χ3n) is 6.49. The normalized spacial score (nSPS) is 12.1. The molecule has 1 N–H and O–H groups in total. The number of nitrogens with one attached hydrogen (secondary N) is 1. The number of rotatable bonds is 12. The molecule has 39 heavy (non-hydrogen) atoms. The van der Waals surface area contributed by atoms with E-state index < -0.39 is 6.04 Å². The van der Waals surface area contributed by atoms with Crippen LogP contribution in [0.2, 0.25) is 5.02 Å². The summed E-state index contributed by atoms with van der Waals surface area (Å²) in [5.41, 5.74) is 2.95. The number of hydrogen-bond donors (Lipinski definition) is 1. The lowest BCUT2D eigenvalue weighted by molar-refractivity contribution is -0.142. The van der Waals surface area contributed by atoms with Crippen LogP contribution in [0.5, 0.6) is 5.75 Å². The molecule has 0 unspecified atom stereocenters. The van der Waals surface area contributed by atoms with E-state index in [0.29, 0.717) is 23.7 Å². The topological polar surface area (TPSA) is 58.6 Å². The van der Waals surface area contributed by atoms with Crippen LogP contribution in [0, 0.1) is 0 Å². The molecule has 2 amide bonds. The van der Waals surface area contributed by atoms with Crippen molar-refractivity contribution in [2.75, 3.05) is 13.2 Å². The van der Waals surface area contributed by atoms with Crippen LogP contribution in [-0.2, 0) is 28.0 Å². The van der Waals surface area contributed by atoms with Crippen molar-refractivity contribution in [3.05, 3.63) is 99.0 Å². The zero-order valence-electron chi connectivity index (χ0n) is 23.2. The molecule has 0 aliphatic rings. The van der Waals surface area contributed by atoms with E-state index in [0.717, 1.165) is 34.0 Å². The van der Waals surface area contributed by atoms with E-state index in [-0.39, 0.29) is 30.4 Å². The Hall–Kier alpha value is -2.83. The van der Waals surface area contributed by atoms with Crippen LogP contribution in [0.4, 0.5) is 0 Å². The van der Waals surface area contributed by atoms with E-state index in [2.05, 4.69) is 48.9 Å². The average Bonchev–Trinajstić information content (AvgIpc) is 2.90. The molecule has 0 radical (unpaired) electrons. The van der Waals surface area contributed by atoms with Crippen molar-refractivity contribution in [2.45, 2.75) is 65.0 Å². The molecule has 0 heterocycles. The van der Waals surface area contributed by atoms with Crippen molar-refractivity contribution in [1.82, 2.24) is 10.2 Å². The van der Waals surface area contributed by atoms with Gasteiger partial charge < -0.3 is 15.0 Å². The quantitative estimate of drug-likeness (QED) is 0.218. The second-order valence-electron chi connectivity index (χ2n) is 10.7. The standard InChI is InChI=1S/C32H38BrClN2O3/c1-5-6-17-35-31(38)28(19-23-11-8-7-9-12-23)36(21-24-13-10-14-26(34)18-24)30(37)22-39-29-16-15-25(20-27(29)33)32(2,3)4/h7-16,18,20,28H,5-6,17,19,21-22H2,1-4H3,(H,35,38)/t28-/m0/s1. The Morgan fingerprint density at radius 2 is 1.72 bits per heavy atom. The maximum absolute atomic E-state index is 13.8. The molecule has 0 spiro atoms. The van der Waals surface area contributed by atoms with Crippen molar-refractivity contribution in [3.8, 4) is 5.75 Å². The van der Waals surface area contributed by atoms with Gasteiger partial charge in [0.15, 0.2) is 6.61 Å². The first-order valence-corrected chi connectivity index (χ1v) is 14.5. The highest BCUT2D eigenvalue weighted by molar-refractivity contribution is 9.10. The highest BCUT2D eigenvalue weighted by Gasteiger charge is 2.31. The second-order valence-corrected chi connectivity index (χ2v) is 12.0. The van der Waals surface area contributed by atoms with Gasteiger partial charge in [-0.1, -0.05) is 94.2 Å². The molecular weight excluding hydrogens is 576 g/mol. The number of carbonyl (C=O) groups excluding carboxylic acids is 2. The summed E-state index contributed by atoms with van der Waals surface area (Å²) in [4.78, 5) is 28.9. The van der Waals surface area contributed by atoms with Gasteiger partial charge in [-0.05, 0) is 68.7 Å². The van der Waals surface area contributed by atoms with Crippen molar-refractivity contribution >= 4 is 39.3 Å². The molecule has 3 aromatic rings. The maximum atomic E-state index is 13.8. The minimum atomic E-state index is -0.717. The number of hydrogen-bond acceptors (Lipinski definition) is 3. The molecule has 0 aromatic heterocycles. The first-order valence-electron chi connectivity index (χ1n) is 13.4. The minimum absolute atomic E-state index is 0.0135. The molecule has 1 atom stereocenters. The van der Waals surface area contributed by atoms with E-state index in [1.54, 1.807) is 11.0 Å².